The summed E-state index contributed by atoms with van der Waals surface area (Å²) in [6.07, 6.45) is 1.53. The number of hydrogen-bond donors (Lipinski definition) is 1. The summed E-state index contributed by atoms with van der Waals surface area (Å²) < 4.78 is 0. The Balaban J connectivity index is 2.16. The van der Waals surface area contributed by atoms with Crippen LogP contribution in [-0.4, -0.2) is 46.5 Å². The van der Waals surface area contributed by atoms with Crippen molar-refractivity contribution >= 4 is 28.3 Å². The number of carbonyl (C=O) groups is 1. The third kappa shape index (κ3) is 2.07. The van der Waals surface area contributed by atoms with Gasteiger partial charge in [-0.1, -0.05) is 0 Å². The number of aromatic nitrogens is 2. The van der Waals surface area contributed by atoms with Gasteiger partial charge in [0.2, 0.25) is 5.91 Å². The number of rotatable bonds is 1. The number of hydrogen-bond acceptors (Lipinski definition) is 5. The van der Waals surface area contributed by atoms with Crippen molar-refractivity contribution < 1.29 is 4.79 Å². The number of likely N-dealkylation sites (N-methyl/N-ethyl adjacent to an activating group) is 1. The highest BCUT2D eigenvalue weighted by Gasteiger charge is 2.41. The van der Waals surface area contributed by atoms with E-state index in [1.54, 1.807) is 4.90 Å². The summed E-state index contributed by atoms with van der Waals surface area (Å²) >= 11 is 0. The Kier molecular flexibility index (Phi) is 2.97. The molecule has 110 valence electrons. The van der Waals surface area contributed by atoms with Gasteiger partial charge in [0.1, 0.15) is 17.7 Å². The van der Waals surface area contributed by atoms with Crippen molar-refractivity contribution in [3.05, 3.63) is 24.5 Å². The standard InChI is InChI=1S/C15H19N5O/c1-15(2)14(21)19(3)6-7-20(15)13-11-8-10(16)4-5-12(11)17-9-18-13/h4-5,8-9H,6-7,16H2,1-3H3. The topological polar surface area (TPSA) is 75.3 Å². The van der Waals surface area contributed by atoms with Crippen LogP contribution in [0.4, 0.5) is 11.5 Å². The molecule has 0 atom stereocenters. The first-order valence-corrected chi connectivity index (χ1v) is 6.94. The van der Waals surface area contributed by atoms with E-state index in [0.29, 0.717) is 12.2 Å². The van der Waals surface area contributed by atoms with E-state index in [1.165, 1.54) is 6.33 Å². The van der Waals surface area contributed by atoms with E-state index in [-0.39, 0.29) is 5.91 Å². The highest BCUT2D eigenvalue weighted by Crippen LogP contribution is 2.32. The average molecular weight is 285 g/mol. The van der Waals surface area contributed by atoms with Crippen molar-refractivity contribution in [1.29, 1.82) is 0 Å². The third-order valence-corrected chi connectivity index (χ3v) is 4.10. The number of piperazine rings is 1. The van der Waals surface area contributed by atoms with E-state index in [0.717, 1.165) is 23.3 Å². The zero-order valence-electron chi connectivity index (χ0n) is 12.5. The quantitative estimate of drug-likeness (QED) is 0.799. The molecule has 0 unspecified atom stereocenters. The minimum absolute atomic E-state index is 0.0874. The Labute approximate surface area is 123 Å². The average Bonchev–Trinajstić information content (AvgIpc) is 2.45. The maximum atomic E-state index is 12.4. The first kappa shape index (κ1) is 13.6. The Morgan fingerprint density at radius 2 is 2.00 bits per heavy atom. The second-order valence-electron chi connectivity index (χ2n) is 5.91. The minimum Gasteiger partial charge on any atom is -0.399 e. The van der Waals surface area contributed by atoms with Crippen molar-refractivity contribution in [3.63, 3.8) is 0 Å². The first-order valence-electron chi connectivity index (χ1n) is 6.94. The molecule has 3 rings (SSSR count). The predicted molar refractivity (Wildman–Crippen MR) is 83.0 cm³/mol. The molecule has 1 fully saturated rings. The second kappa shape index (κ2) is 4.58. The van der Waals surface area contributed by atoms with Crippen molar-refractivity contribution in [2.75, 3.05) is 30.8 Å². The van der Waals surface area contributed by atoms with Gasteiger partial charge >= 0.3 is 0 Å². The number of fused-ring (bicyclic) bond motifs is 1. The maximum Gasteiger partial charge on any atom is 0.247 e. The molecule has 1 aliphatic heterocycles. The normalized spacial score (nSPS) is 18.3. The van der Waals surface area contributed by atoms with E-state index in [9.17, 15) is 4.79 Å². The summed E-state index contributed by atoms with van der Waals surface area (Å²) in [5.41, 5.74) is 6.74. The summed E-state index contributed by atoms with van der Waals surface area (Å²) in [7, 11) is 1.83. The number of anilines is 2. The van der Waals surface area contributed by atoms with Crippen molar-refractivity contribution in [2.24, 2.45) is 0 Å². The fourth-order valence-corrected chi connectivity index (χ4v) is 2.86. The van der Waals surface area contributed by atoms with Gasteiger partial charge in [0.05, 0.1) is 5.52 Å². The van der Waals surface area contributed by atoms with Crippen LogP contribution >= 0.6 is 0 Å². The lowest BCUT2D eigenvalue weighted by Gasteiger charge is -2.45. The smallest absolute Gasteiger partial charge is 0.247 e. The predicted octanol–water partition coefficient (Wildman–Crippen LogP) is 1.27. The number of carbonyl (C=O) groups excluding carboxylic acids is 1. The lowest BCUT2D eigenvalue weighted by Crippen LogP contribution is -2.62. The third-order valence-electron chi connectivity index (χ3n) is 4.10. The first-order chi connectivity index (χ1) is 9.91. The highest BCUT2D eigenvalue weighted by atomic mass is 16.2. The Morgan fingerprint density at radius 3 is 2.76 bits per heavy atom. The fourth-order valence-electron chi connectivity index (χ4n) is 2.86. The number of benzene rings is 1. The number of nitrogen functional groups attached to an aromatic ring is 1. The van der Waals surface area contributed by atoms with E-state index >= 15 is 0 Å². The van der Waals surface area contributed by atoms with Crippen LogP contribution in [0.25, 0.3) is 10.9 Å². The highest BCUT2D eigenvalue weighted by molar-refractivity contribution is 5.96. The van der Waals surface area contributed by atoms with Gasteiger partial charge in [0.15, 0.2) is 0 Å². The molecule has 1 aromatic carbocycles. The van der Waals surface area contributed by atoms with Crippen LogP contribution in [0.2, 0.25) is 0 Å². The Hall–Kier alpha value is -2.37. The maximum absolute atomic E-state index is 12.4. The molecule has 0 radical (unpaired) electrons. The van der Waals surface area contributed by atoms with Crippen molar-refractivity contribution in [1.82, 2.24) is 14.9 Å². The Bertz CT molecular complexity index is 712. The molecule has 0 aliphatic carbocycles. The van der Waals surface area contributed by atoms with Gasteiger partial charge in [0.25, 0.3) is 0 Å². The molecule has 2 heterocycles. The Morgan fingerprint density at radius 1 is 1.24 bits per heavy atom. The molecule has 2 aromatic rings. The molecule has 0 spiro atoms. The summed E-state index contributed by atoms with van der Waals surface area (Å²) in [6, 6.07) is 5.56. The SMILES string of the molecule is CN1CCN(c2ncnc3ccc(N)cc23)C(C)(C)C1=O. The van der Waals surface area contributed by atoms with Crippen molar-refractivity contribution in [2.45, 2.75) is 19.4 Å². The van der Waals surface area contributed by atoms with E-state index in [1.807, 2.05) is 44.0 Å². The monoisotopic (exact) mass is 285 g/mol. The van der Waals surface area contributed by atoms with Gasteiger partial charge in [-0.3, -0.25) is 4.79 Å². The molecule has 2 N–H and O–H groups in total. The van der Waals surface area contributed by atoms with Crippen LogP contribution in [0.5, 0.6) is 0 Å². The van der Waals surface area contributed by atoms with Gasteiger partial charge in [0, 0.05) is 31.2 Å². The van der Waals surface area contributed by atoms with E-state index in [2.05, 4.69) is 9.97 Å². The number of amides is 1. The molecular formula is C15H19N5O. The van der Waals surface area contributed by atoms with Crippen LogP contribution in [-0.2, 0) is 4.79 Å². The van der Waals surface area contributed by atoms with Crippen LogP contribution < -0.4 is 10.6 Å². The van der Waals surface area contributed by atoms with Gasteiger partial charge in [-0.25, -0.2) is 9.97 Å². The summed E-state index contributed by atoms with van der Waals surface area (Å²) in [6.45, 7) is 5.25. The summed E-state index contributed by atoms with van der Waals surface area (Å²) in [5.74, 6) is 0.850. The van der Waals surface area contributed by atoms with Crippen LogP contribution in [0.3, 0.4) is 0 Å². The molecule has 0 saturated carbocycles. The lowest BCUT2D eigenvalue weighted by atomic mass is 9.97. The van der Waals surface area contributed by atoms with Crippen LogP contribution in [0.15, 0.2) is 24.5 Å². The summed E-state index contributed by atoms with van der Waals surface area (Å²) in [4.78, 5) is 24.9. The molecular weight excluding hydrogens is 266 g/mol. The number of nitrogens with two attached hydrogens (primary N) is 1. The zero-order valence-corrected chi connectivity index (χ0v) is 12.5. The molecule has 21 heavy (non-hydrogen) atoms. The van der Waals surface area contributed by atoms with Crippen LogP contribution in [0, 0.1) is 0 Å². The molecule has 6 heteroatoms. The summed E-state index contributed by atoms with van der Waals surface area (Å²) in [5, 5.41) is 0.878. The van der Waals surface area contributed by atoms with Gasteiger partial charge < -0.3 is 15.5 Å². The van der Waals surface area contributed by atoms with Crippen molar-refractivity contribution in [3.8, 4) is 0 Å². The van der Waals surface area contributed by atoms with Gasteiger partial charge in [-0.15, -0.1) is 0 Å². The molecule has 0 bridgehead atoms. The van der Waals surface area contributed by atoms with E-state index in [4.69, 9.17) is 5.73 Å². The number of nitrogens with zero attached hydrogens (tertiary/aromatic N) is 4. The molecule has 6 nitrogen and oxygen atoms in total. The molecule has 1 saturated heterocycles. The van der Waals surface area contributed by atoms with Crippen LogP contribution in [0.1, 0.15) is 13.8 Å². The fraction of sp³-hybridized carbons (Fsp3) is 0.400. The molecule has 1 amide bonds. The van der Waals surface area contributed by atoms with Gasteiger partial charge in [-0.2, -0.15) is 0 Å². The largest absolute Gasteiger partial charge is 0.399 e. The zero-order chi connectivity index (χ0) is 15.2. The lowest BCUT2D eigenvalue weighted by molar-refractivity contribution is -0.136. The second-order valence-corrected chi connectivity index (χ2v) is 5.91. The molecule has 1 aliphatic rings. The van der Waals surface area contributed by atoms with E-state index < -0.39 is 5.54 Å². The minimum atomic E-state index is -0.640. The molecule has 1 aromatic heterocycles. The van der Waals surface area contributed by atoms with Gasteiger partial charge in [-0.05, 0) is 32.0 Å².